The van der Waals surface area contributed by atoms with E-state index in [1.54, 1.807) is 6.92 Å². The summed E-state index contributed by atoms with van der Waals surface area (Å²) in [6.07, 6.45) is 5.44. The molecule has 17 heavy (non-hydrogen) atoms. The number of aromatic nitrogens is 1. The fraction of sp³-hybridized carbons (Fsp3) is 0.545. The van der Waals surface area contributed by atoms with E-state index in [1.165, 1.54) is 6.42 Å². The molecule has 0 unspecified atom stereocenters. The van der Waals surface area contributed by atoms with Crippen LogP contribution < -0.4 is 11.2 Å². The van der Waals surface area contributed by atoms with Crippen molar-refractivity contribution in [3.63, 3.8) is 0 Å². The second-order valence-electron chi connectivity index (χ2n) is 4.19. The first-order valence-electron chi connectivity index (χ1n) is 5.76. The summed E-state index contributed by atoms with van der Waals surface area (Å²) in [4.78, 5) is 11.8. The predicted molar refractivity (Wildman–Crippen MR) is 63.6 cm³/mol. The van der Waals surface area contributed by atoms with Gasteiger partial charge in [0.25, 0.3) is 5.91 Å². The number of anilines is 1. The van der Waals surface area contributed by atoms with Gasteiger partial charge in [0.05, 0.1) is 5.69 Å². The third-order valence-corrected chi connectivity index (χ3v) is 2.86. The highest BCUT2D eigenvalue weighted by Gasteiger charge is 2.18. The van der Waals surface area contributed by atoms with Gasteiger partial charge < -0.3 is 10.3 Å². The van der Waals surface area contributed by atoms with Gasteiger partial charge in [-0.05, 0) is 32.6 Å². The molecule has 0 spiro atoms. The molecule has 1 aromatic rings. The third kappa shape index (κ3) is 2.64. The number of hydrogen-bond acceptors (Lipinski definition) is 5. The molecule has 1 heterocycles. The Bertz CT molecular complexity index is 423. The van der Waals surface area contributed by atoms with Crippen LogP contribution in [0.4, 0.5) is 5.88 Å². The molecule has 2 rings (SSSR count). The lowest BCUT2D eigenvalue weighted by Crippen LogP contribution is -2.21. The third-order valence-electron chi connectivity index (χ3n) is 2.86. The standard InChI is InChI=1S/C11H16N4O2/c1-7-9(10(12)17-15-7)11(16)14-13-8-5-3-2-4-6-8/h2-6,12H2,1H3,(H,14,16). The fourth-order valence-corrected chi connectivity index (χ4v) is 1.92. The SMILES string of the molecule is Cc1noc(N)c1C(=O)NN=C1CCCCC1. The number of amides is 1. The quantitative estimate of drug-likeness (QED) is 0.763. The zero-order valence-corrected chi connectivity index (χ0v) is 9.82. The van der Waals surface area contributed by atoms with Crippen molar-refractivity contribution in [2.45, 2.75) is 39.0 Å². The maximum Gasteiger partial charge on any atom is 0.278 e. The molecule has 1 amide bonds. The molecule has 1 aliphatic carbocycles. The Labute approximate surface area is 99.2 Å². The summed E-state index contributed by atoms with van der Waals surface area (Å²) in [5, 5.41) is 7.74. The second-order valence-corrected chi connectivity index (χ2v) is 4.19. The first-order valence-corrected chi connectivity index (χ1v) is 5.76. The summed E-state index contributed by atoms with van der Waals surface area (Å²) < 4.78 is 4.73. The van der Waals surface area contributed by atoms with Gasteiger partial charge in [0.2, 0.25) is 5.88 Å². The smallest absolute Gasteiger partial charge is 0.278 e. The van der Waals surface area contributed by atoms with Crippen molar-refractivity contribution in [1.82, 2.24) is 10.6 Å². The lowest BCUT2D eigenvalue weighted by Gasteiger charge is -2.11. The van der Waals surface area contributed by atoms with Crippen molar-refractivity contribution in [3.8, 4) is 0 Å². The summed E-state index contributed by atoms with van der Waals surface area (Å²) in [7, 11) is 0. The van der Waals surface area contributed by atoms with Crippen LogP contribution in [0, 0.1) is 6.92 Å². The molecule has 1 aliphatic rings. The Balaban J connectivity index is 2.02. The van der Waals surface area contributed by atoms with E-state index >= 15 is 0 Å². The van der Waals surface area contributed by atoms with Crippen LogP contribution in [0.1, 0.15) is 48.2 Å². The molecule has 0 aromatic carbocycles. The first kappa shape index (κ1) is 11.6. The summed E-state index contributed by atoms with van der Waals surface area (Å²) in [5.74, 6) is -0.330. The molecular formula is C11H16N4O2. The Kier molecular flexibility index (Phi) is 3.41. The summed E-state index contributed by atoms with van der Waals surface area (Å²) in [5.41, 5.74) is 9.80. The molecule has 3 N–H and O–H groups in total. The lowest BCUT2D eigenvalue weighted by atomic mass is 9.99. The molecule has 0 aliphatic heterocycles. The molecule has 1 saturated carbocycles. The zero-order valence-electron chi connectivity index (χ0n) is 9.82. The highest BCUT2D eigenvalue weighted by atomic mass is 16.5. The number of carbonyl (C=O) groups is 1. The number of aryl methyl sites for hydroxylation is 1. The molecule has 92 valence electrons. The molecule has 0 bridgehead atoms. The minimum atomic E-state index is -0.362. The average Bonchev–Trinajstić information content (AvgIpc) is 2.67. The minimum Gasteiger partial charge on any atom is -0.367 e. The van der Waals surface area contributed by atoms with Crippen molar-refractivity contribution < 1.29 is 9.32 Å². The molecule has 1 aromatic heterocycles. The van der Waals surface area contributed by atoms with Crippen molar-refractivity contribution in [1.29, 1.82) is 0 Å². The summed E-state index contributed by atoms with van der Waals surface area (Å²) >= 11 is 0. The number of carbonyl (C=O) groups excluding carboxylic acids is 1. The van der Waals surface area contributed by atoms with Crippen molar-refractivity contribution >= 4 is 17.5 Å². The van der Waals surface area contributed by atoms with Crippen LogP contribution in [0.15, 0.2) is 9.62 Å². The lowest BCUT2D eigenvalue weighted by molar-refractivity contribution is 0.0954. The fourth-order valence-electron chi connectivity index (χ4n) is 1.92. The molecule has 0 atom stereocenters. The number of nitrogens with zero attached hydrogens (tertiary/aromatic N) is 2. The van der Waals surface area contributed by atoms with E-state index in [9.17, 15) is 4.79 Å². The Hall–Kier alpha value is -1.85. The highest BCUT2D eigenvalue weighted by molar-refractivity contribution is 5.99. The van der Waals surface area contributed by atoms with Crippen LogP contribution in [0.5, 0.6) is 0 Å². The van der Waals surface area contributed by atoms with Gasteiger partial charge in [-0.15, -0.1) is 0 Å². The molecule has 1 fully saturated rings. The van der Waals surface area contributed by atoms with Crippen LogP contribution in [0.3, 0.4) is 0 Å². The number of hydrazone groups is 1. The average molecular weight is 236 g/mol. The number of nitrogens with two attached hydrogens (primary N) is 1. The number of hydrogen-bond donors (Lipinski definition) is 2. The van der Waals surface area contributed by atoms with Crippen molar-refractivity contribution in [2.24, 2.45) is 5.10 Å². The normalized spacial score (nSPS) is 15.7. The minimum absolute atomic E-state index is 0.0313. The number of rotatable bonds is 2. The van der Waals surface area contributed by atoms with Gasteiger partial charge in [0.1, 0.15) is 5.56 Å². The maximum atomic E-state index is 11.8. The van der Waals surface area contributed by atoms with Crippen LogP contribution in [-0.2, 0) is 0 Å². The van der Waals surface area contributed by atoms with E-state index in [2.05, 4.69) is 15.7 Å². The van der Waals surface area contributed by atoms with Gasteiger partial charge in [-0.1, -0.05) is 11.6 Å². The highest BCUT2D eigenvalue weighted by Crippen LogP contribution is 2.16. The second kappa shape index (κ2) is 4.99. The molecule has 0 saturated heterocycles. The number of nitrogen functional groups attached to an aromatic ring is 1. The van der Waals surface area contributed by atoms with Crippen molar-refractivity contribution in [2.75, 3.05) is 5.73 Å². The predicted octanol–water partition coefficient (Wildman–Crippen LogP) is 1.62. The zero-order chi connectivity index (χ0) is 12.3. The van der Waals surface area contributed by atoms with E-state index in [0.29, 0.717) is 5.69 Å². The molecule has 6 nitrogen and oxygen atoms in total. The summed E-state index contributed by atoms with van der Waals surface area (Å²) in [6, 6.07) is 0. The van der Waals surface area contributed by atoms with Gasteiger partial charge >= 0.3 is 0 Å². The van der Waals surface area contributed by atoms with Gasteiger partial charge in [-0.25, -0.2) is 5.43 Å². The summed E-state index contributed by atoms with van der Waals surface area (Å²) in [6.45, 7) is 1.67. The van der Waals surface area contributed by atoms with Crippen LogP contribution >= 0.6 is 0 Å². The van der Waals surface area contributed by atoms with Crippen LogP contribution in [0.25, 0.3) is 0 Å². The van der Waals surface area contributed by atoms with Gasteiger partial charge in [0.15, 0.2) is 0 Å². The maximum absolute atomic E-state index is 11.8. The van der Waals surface area contributed by atoms with Gasteiger partial charge in [0, 0.05) is 5.71 Å². The Morgan fingerprint density at radius 2 is 2.12 bits per heavy atom. The van der Waals surface area contributed by atoms with E-state index in [0.717, 1.165) is 31.4 Å². The largest absolute Gasteiger partial charge is 0.367 e. The molecular weight excluding hydrogens is 220 g/mol. The van der Waals surface area contributed by atoms with Crippen molar-refractivity contribution in [3.05, 3.63) is 11.3 Å². The topological polar surface area (TPSA) is 93.5 Å². The number of nitrogens with one attached hydrogen (secondary N) is 1. The van der Waals surface area contributed by atoms with E-state index in [1.807, 2.05) is 0 Å². The van der Waals surface area contributed by atoms with Gasteiger partial charge in [-0.2, -0.15) is 5.10 Å². The first-order chi connectivity index (χ1) is 8.18. The molecule has 0 radical (unpaired) electrons. The monoisotopic (exact) mass is 236 g/mol. The van der Waals surface area contributed by atoms with E-state index in [4.69, 9.17) is 10.3 Å². The van der Waals surface area contributed by atoms with Crippen LogP contribution in [-0.4, -0.2) is 16.8 Å². The van der Waals surface area contributed by atoms with Gasteiger partial charge in [-0.3, -0.25) is 4.79 Å². The van der Waals surface area contributed by atoms with E-state index < -0.39 is 0 Å². The van der Waals surface area contributed by atoms with Crippen LogP contribution in [0.2, 0.25) is 0 Å². The Morgan fingerprint density at radius 1 is 1.41 bits per heavy atom. The Morgan fingerprint density at radius 3 is 2.71 bits per heavy atom. The molecule has 6 heteroatoms. The van der Waals surface area contributed by atoms with E-state index in [-0.39, 0.29) is 17.4 Å².